The summed E-state index contributed by atoms with van der Waals surface area (Å²) in [6, 6.07) is 9.11. The van der Waals surface area contributed by atoms with E-state index in [-0.39, 0.29) is 46.9 Å². The lowest BCUT2D eigenvalue weighted by molar-refractivity contribution is -0.149. The van der Waals surface area contributed by atoms with Crippen LogP contribution in [-0.4, -0.2) is 54.7 Å². The Morgan fingerprint density at radius 2 is 1.94 bits per heavy atom. The molecule has 2 saturated carbocycles. The molecule has 34 heavy (non-hydrogen) atoms. The minimum absolute atomic E-state index is 0.000770. The summed E-state index contributed by atoms with van der Waals surface area (Å²) < 4.78 is 5.18. The van der Waals surface area contributed by atoms with Crippen LogP contribution in [0.3, 0.4) is 0 Å². The topological polar surface area (TPSA) is 103 Å². The number of hydrogen-bond acceptors (Lipinski definition) is 5. The molecular formula is C27H39N3O4. The Balaban J connectivity index is 1.72. The van der Waals surface area contributed by atoms with Crippen LogP contribution in [0.15, 0.2) is 24.3 Å². The number of aliphatic hydroxyl groups excluding tert-OH is 1. The molecular weight excluding hydrogens is 430 g/mol. The number of ether oxygens (including phenoxy) is 1. The Hall–Kier alpha value is -2.59. The number of aliphatic hydroxyl groups is 1. The standard InChI is InChI=1S/C27H39N3O4/c1-17(26(33)30(4)16-6-15-28)21-11-13-27(3)14-12-22(18(2)23(27)24(21)31)29-25(32)19-7-9-20(34-5)10-8-19/h7-10,17-18,21-24,31H,6,11-14,16H2,1-5H3,(H,29,32). The molecule has 0 radical (unpaired) electrons. The van der Waals surface area contributed by atoms with E-state index in [1.54, 1.807) is 43.3 Å². The number of rotatable bonds is 7. The summed E-state index contributed by atoms with van der Waals surface area (Å²) in [5, 5.41) is 23.6. The average Bonchev–Trinajstić information content (AvgIpc) is 2.83. The number of methoxy groups -OCH3 is 1. The van der Waals surface area contributed by atoms with Crippen molar-refractivity contribution >= 4 is 11.8 Å². The van der Waals surface area contributed by atoms with Crippen LogP contribution >= 0.6 is 0 Å². The Bertz CT molecular complexity index is 911. The van der Waals surface area contributed by atoms with Crippen molar-refractivity contribution in [2.75, 3.05) is 20.7 Å². The Morgan fingerprint density at radius 3 is 2.56 bits per heavy atom. The van der Waals surface area contributed by atoms with Gasteiger partial charge in [0, 0.05) is 31.1 Å². The van der Waals surface area contributed by atoms with Crippen LogP contribution in [0.25, 0.3) is 0 Å². The van der Waals surface area contributed by atoms with E-state index in [1.165, 1.54) is 0 Å². The van der Waals surface area contributed by atoms with Crippen molar-refractivity contribution in [3.05, 3.63) is 29.8 Å². The number of carbonyl (C=O) groups is 2. The lowest BCUT2D eigenvalue weighted by Gasteiger charge is -2.56. The number of nitriles is 1. The van der Waals surface area contributed by atoms with Gasteiger partial charge >= 0.3 is 0 Å². The summed E-state index contributed by atoms with van der Waals surface area (Å²) in [4.78, 5) is 27.5. The first kappa shape index (κ1) is 26.0. The molecule has 2 aliphatic rings. The van der Waals surface area contributed by atoms with E-state index in [9.17, 15) is 14.7 Å². The first-order valence-corrected chi connectivity index (χ1v) is 12.4. The first-order chi connectivity index (χ1) is 16.1. The summed E-state index contributed by atoms with van der Waals surface area (Å²) in [5.74, 6) is 0.205. The number of amides is 2. The lowest BCUT2D eigenvalue weighted by Crippen LogP contribution is -2.58. The highest BCUT2D eigenvalue weighted by Gasteiger charge is 2.54. The fourth-order valence-corrected chi connectivity index (χ4v) is 6.35. The van der Waals surface area contributed by atoms with Crippen LogP contribution < -0.4 is 10.1 Å². The molecule has 7 unspecified atom stereocenters. The highest BCUT2D eigenvalue weighted by atomic mass is 16.5. The second kappa shape index (κ2) is 10.8. The molecule has 2 fully saturated rings. The van der Waals surface area contributed by atoms with Crippen molar-refractivity contribution in [1.29, 1.82) is 5.26 Å². The predicted molar refractivity (Wildman–Crippen MR) is 130 cm³/mol. The number of carbonyl (C=O) groups excluding carboxylic acids is 2. The zero-order valence-corrected chi connectivity index (χ0v) is 21.1. The van der Waals surface area contributed by atoms with Gasteiger partial charge in [-0.05, 0) is 73.1 Å². The smallest absolute Gasteiger partial charge is 0.251 e. The molecule has 7 nitrogen and oxygen atoms in total. The summed E-state index contributed by atoms with van der Waals surface area (Å²) in [7, 11) is 3.32. The maximum atomic E-state index is 13.0. The van der Waals surface area contributed by atoms with Gasteiger partial charge in [0.2, 0.25) is 5.91 Å². The quantitative estimate of drug-likeness (QED) is 0.635. The number of nitrogens with one attached hydrogen (secondary N) is 1. The second-order valence-corrected chi connectivity index (χ2v) is 10.5. The molecule has 0 spiro atoms. The van der Waals surface area contributed by atoms with Crippen molar-refractivity contribution in [2.45, 2.75) is 65.0 Å². The molecule has 0 aliphatic heterocycles. The molecule has 0 heterocycles. The van der Waals surface area contributed by atoms with E-state index in [2.05, 4.69) is 25.2 Å². The van der Waals surface area contributed by atoms with Crippen LogP contribution in [0, 0.1) is 40.4 Å². The molecule has 7 heteroatoms. The molecule has 186 valence electrons. The number of nitrogens with zero attached hydrogens (tertiary/aromatic N) is 2. The highest BCUT2D eigenvalue weighted by molar-refractivity contribution is 5.94. The van der Waals surface area contributed by atoms with E-state index in [4.69, 9.17) is 10.00 Å². The molecule has 2 N–H and O–H groups in total. The highest BCUT2D eigenvalue weighted by Crippen LogP contribution is 2.55. The van der Waals surface area contributed by atoms with Crippen LogP contribution in [0.5, 0.6) is 5.75 Å². The van der Waals surface area contributed by atoms with E-state index in [0.717, 1.165) is 25.7 Å². The second-order valence-electron chi connectivity index (χ2n) is 10.5. The maximum absolute atomic E-state index is 13.0. The van der Waals surface area contributed by atoms with Gasteiger partial charge in [-0.25, -0.2) is 0 Å². The molecule has 0 saturated heterocycles. The van der Waals surface area contributed by atoms with E-state index < -0.39 is 6.10 Å². The molecule has 0 aromatic heterocycles. The van der Waals surface area contributed by atoms with Gasteiger partial charge in [0.05, 0.1) is 25.7 Å². The maximum Gasteiger partial charge on any atom is 0.251 e. The Morgan fingerprint density at radius 1 is 1.29 bits per heavy atom. The third-order valence-electron chi connectivity index (χ3n) is 8.52. The summed E-state index contributed by atoms with van der Waals surface area (Å²) in [5.41, 5.74) is 0.578. The summed E-state index contributed by atoms with van der Waals surface area (Å²) in [6.07, 6.45) is 3.27. The van der Waals surface area contributed by atoms with Gasteiger partial charge in [0.25, 0.3) is 5.91 Å². The van der Waals surface area contributed by atoms with E-state index in [1.807, 2.05) is 6.92 Å². The molecule has 7 atom stereocenters. The SMILES string of the molecule is COc1ccc(C(=O)NC2CCC3(C)CCC(C(C)C(=O)N(C)CCC#N)C(O)C3C2C)cc1. The molecule has 3 rings (SSSR count). The number of benzene rings is 1. The fraction of sp³-hybridized carbons (Fsp3) is 0.667. The zero-order chi connectivity index (χ0) is 25.0. The monoisotopic (exact) mass is 469 g/mol. The van der Waals surface area contributed by atoms with Gasteiger partial charge < -0.3 is 20.1 Å². The normalized spacial score (nSPS) is 31.5. The van der Waals surface area contributed by atoms with E-state index in [0.29, 0.717) is 24.3 Å². The minimum Gasteiger partial charge on any atom is -0.497 e. The van der Waals surface area contributed by atoms with Crippen molar-refractivity contribution < 1.29 is 19.4 Å². The van der Waals surface area contributed by atoms with Crippen LogP contribution in [0.2, 0.25) is 0 Å². The van der Waals surface area contributed by atoms with Crippen molar-refractivity contribution in [3.8, 4) is 11.8 Å². The van der Waals surface area contributed by atoms with Crippen molar-refractivity contribution in [2.24, 2.45) is 29.1 Å². The molecule has 0 bridgehead atoms. The summed E-state index contributed by atoms with van der Waals surface area (Å²) >= 11 is 0. The van der Waals surface area contributed by atoms with Gasteiger partial charge in [-0.1, -0.05) is 20.8 Å². The number of hydrogen-bond donors (Lipinski definition) is 2. The van der Waals surface area contributed by atoms with Crippen LogP contribution in [0.1, 0.15) is 63.2 Å². The third kappa shape index (κ3) is 5.22. The third-order valence-corrected chi connectivity index (χ3v) is 8.52. The van der Waals surface area contributed by atoms with Gasteiger partial charge in [0.1, 0.15) is 5.75 Å². The van der Waals surface area contributed by atoms with Crippen LogP contribution in [0.4, 0.5) is 0 Å². The molecule has 2 aliphatic carbocycles. The molecule has 2 amide bonds. The van der Waals surface area contributed by atoms with Gasteiger partial charge in [-0.15, -0.1) is 0 Å². The molecule has 1 aromatic carbocycles. The molecule has 1 aromatic rings. The van der Waals surface area contributed by atoms with Gasteiger partial charge in [-0.2, -0.15) is 5.26 Å². The van der Waals surface area contributed by atoms with Crippen LogP contribution in [-0.2, 0) is 4.79 Å². The van der Waals surface area contributed by atoms with E-state index >= 15 is 0 Å². The summed E-state index contributed by atoms with van der Waals surface area (Å²) in [6.45, 7) is 6.68. The van der Waals surface area contributed by atoms with Crippen molar-refractivity contribution in [1.82, 2.24) is 10.2 Å². The predicted octanol–water partition coefficient (Wildman–Crippen LogP) is 3.63. The Kier molecular flexibility index (Phi) is 8.25. The zero-order valence-electron chi connectivity index (χ0n) is 21.1. The first-order valence-electron chi connectivity index (χ1n) is 12.4. The fourth-order valence-electron chi connectivity index (χ4n) is 6.35. The van der Waals surface area contributed by atoms with Gasteiger partial charge in [-0.3, -0.25) is 9.59 Å². The minimum atomic E-state index is -0.613. The average molecular weight is 470 g/mol. The lowest BCUT2D eigenvalue weighted by atomic mass is 9.51. The number of fused-ring (bicyclic) bond motifs is 1. The van der Waals surface area contributed by atoms with Crippen molar-refractivity contribution in [3.63, 3.8) is 0 Å². The van der Waals surface area contributed by atoms with Gasteiger partial charge in [0.15, 0.2) is 0 Å². The Labute approximate surface area is 203 Å². The largest absolute Gasteiger partial charge is 0.497 e.